The van der Waals surface area contributed by atoms with E-state index in [9.17, 15) is 4.39 Å². The van der Waals surface area contributed by atoms with Crippen molar-refractivity contribution in [1.82, 2.24) is 14.9 Å². The van der Waals surface area contributed by atoms with Crippen molar-refractivity contribution in [2.75, 3.05) is 26.3 Å². The zero-order valence-corrected chi connectivity index (χ0v) is 14.3. The van der Waals surface area contributed by atoms with Crippen molar-refractivity contribution in [3.8, 4) is 5.88 Å². The quantitative estimate of drug-likeness (QED) is 0.835. The van der Waals surface area contributed by atoms with Crippen molar-refractivity contribution in [3.63, 3.8) is 0 Å². The SMILES string of the molecule is Cc1cccc(CN2CC3(C2)OCC[C@@H]3COc2ncccc2F)n1. The van der Waals surface area contributed by atoms with Gasteiger partial charge in [0, 0.05) is 44.0 Å². The second kappa shape index (κ2) is 6.69. The minimum absolute atomic E-state index is 0.0738. The lowest BCUT2D eigenvalue weighted by atomic mass is 9.81. The number of ether oxygens (including phenoxy) is 2. The third kappa shape index (κ3) is 3.37. The topological polar surface area (TPSA) is 47.5 Å². The molecule has 2 aliphatic rings. The Morgan fingerprint density at radius 2 is 2.20 bits per heavy atom. The molecule has 0 aromatic carbocycles. The lowest BCUT2D eigenvalue weighted by molar-refractivity contribution is -0.141. The molecule has 1 spiro atoms. The van der Waals surface area contributed by atoms with E-state index in [-0.39, 0.29) is 17.4 Å². The molecule has 0 unspecified atom stereocenters. The average molecular weight is 343 g/mol. The second-order valence-corrected chi connectivity index (χ2v) is 6.92. The van der Waals surface area contributed by atoms with Crippen LogP contribution in [0.3, 0.4) is 0 Å². The Bertz CT molecular complexity index is 749. The molecule has 25 heavy (non-hydrogen) atoms. The first kappa shape index (κ1) is 16.4. The van der Waals surface area contributed by atoms with Crippen molar-refractivity contribution in [1.29, 1.82) is 0 Å². The molecule has 0 aliphatic carbocycles. The summed E-state index contributed by atoms with van der Waals surface area (Å²) in [6.45, 7) is 5.73. The van der Waals surface area contributed by atoms with E-state index in [0.717, 1.165) is 44.0 Å². The summed E-state index contributed by atoms with van der Waals surface area (Å²) in [7, 11) is 0. The molecular formula is C19H22FN3O2. The molecule has 2 aromatic rings. The van der Waals surface area contributed by atoms with E-state index in [1.807, 2.05) is 19.1 Å². The van der Waals surface area contributed by atoms with Crippen LogP contribution in [0.25, 0.3) is 0 Å². The number of rotatable bonds is 5. The van der Waals surface area contributed by atoms with Crippen LogP contribution in [0.5, 0.6) is 5.88 Å². The third-order valence-electron chi connectivity index (χ3n) is 5.06. The Morgan fingerprint density at radius 1 is 1.32 bits per heavy atom. The highest BCUT2D eigenvalue weighted by Crippen LogP contribution is 2.40. The summed E-state index contributed by atoms with van der Waals surface area (Å²) in [4.78, 5) is 10.8. The summed E-state index contributed by atoms with van der Waals surface area (Å²) in [6.07, 6.45) is 2.48. The Labute approximate surface area is 146 Å². The van der Waals surface area contributed by atoms with Gasteiger partial charge >= 0.3 is 0 Å². The van der Waals surface area contributed by atoms with Gasteiger partial charge < -0.3 is 9.47 Å². The van der Waals surface area contributed by atoms with Crippen molar-refractivity contribution in [3.05, 3.63) is 53.7 Å². The highest BCUT2D eigenvalue weighted by Gasteiger charge is 2.53. The smallest absolute Gasteiger partial charge is 0.250 e. The Kier molecular flexibility index (Phi) is 4.39. The van der Waals surface area contributed by atoms with Crippen LogP contribution in [0.2, 0.25) is 0 Å². The summed E-state index contributed by atoms with van der Waals surface area (Å²) < 4.78 is 25.3. The molecule has 2 aromatic heterocycles. The van der Waals surface area contributed by atoms with Crippen LogP contribution in [0.15, 0.2) is 36.5 Å². The summed E-state index contributed by atoms with van der Waals surface area (Å²) in [5.74, 6) is -0.0865. The number of hydrogen-bond acceptors (Lipinski definition) is 5. The van der Waals surface area contributed by atoms with Crippen LogP contribution < -0.4 is 4.74 Å². The summed E-state index contributed by atoms with van der Waals surface area (Å²) in [5.41, 5.74) is 1.94. The molecule has 5 nitrogen and oxygen atoms in total. The normalized spacial score (nSPS) is 22.1. The van der Waals surface area contributed by atoms with Crippen LogP contribution in [0.4, 0.5) is 4.39 Å². The molecule has 2 fully saturated rings. The first-order valence-electron chi connectivity index (χ1n) is 8.67. The molecule has 0 N–H and O–H groups in total. The van der Waals surface area contributed by atoms with Crippen molar-refractivity contribution in [2.45, 2.75) is 25.5 Å². The highest BCUT2D eigenvalue weighted by molar-refractivity contribution is 5.14. The third-order valence-corrected chi connectivity index (χ3v) is 5.06. The lowest BCUT2D eigenvalue weighted by Crippen LogP contribution is -2.64. The number of pyridine rings is 2. The van der Waals surface area contributed by atoms with Crippen molar-refractivity contribution < 1.29 is 13.9 Å². The van der Waals surface area contributed by atoms with Gasteiger partial charge in [-0.2, -0.15) is 0 Å². The van der Waals surface area contributed by atoms with Gasteiger partial charge in [0.1, 0.15) is 0 Å². The zero-order valence-electron chi connectivity index (χ0n) is 14.3. The molecular weight excluding hydrogens is 321 g/mol. The fraction of sp³-hybridized carbons (Fsp3) is 0.474. The van der Waals surface area contributed by atoms with Gasteiger partial charge in [-0.1, -0.05) is 6.07 Å². The predicted molar refractivity (Wildman–Crippen MR) is 90.7 cm³/mol. The van der Waals surface area contributed by atoms with Gasteiger partial charge in [-0.25, -0.2) is 9.37 Å². The van der Waals surface area contributed by atoms with Crippen molar-refractivity contribution >= 4 is 0 Å². The van der Waals surface area contributed by atoms with Gasteiger partial charge in [-0.15, -0.1) is 0 Å². The summed E-state index contributed by atoms with van der Waals surface area (Å²) in [5, 5.41) is 0. The number of nitrogens with zero attached hydrogens (tertiary/aromatic N) is 3. The van der Waals surface area contributed by atoms with Crippen LogP contribution in [0, 0.1) is 18.7 Å². The Morgan fingerprint density at radius 3 is 3.00 bits per heavy atom. The number of hydrogen-bond donors (Lipinski definition) is 0. The minimum Gasteiger partial charge on any atom is -0.475 e. The minimum atomic E-state index is -0.420. The van der Waals surface area contributed by atoms with Crippen LogP contribution in [0.1, 0.15) is 17.8 Å². The predicted octanol–water partition coefficient (Wildman–Crippen LogP) is 2.59. The largest absolute Gasteiger partial charge is 0.475 e. The molecule has 6 heteroatoms. The van der Waals surface area contributed by atoms with Crippen LogP contribution in [-0.4, -0.2) is 46.8 Å². The first-order valence-corrected chi connectivity index (χ1v) is 8.67. The second-order valence-electron chi connectivity index (χ2n) is 6.92. The van der Waals surface area contributed by atoms with Crippen molar-refractivity contribution in [2.24, 2.45) is 5.92 Å². The maximum Gasteiger partial charge on any atom is 0.250 e. The van der Waals surface area contributed by atoms with Gasteiger partial charge in [0.25, 0.3) is 0 Å². The van der Waals surface area contributed by atoms with Gasteiger partial charge in [-0.3, -0.25) is 9.88 Å². The summed E-state index contributed by atoms with van der Waals surface area (Å²) in [6, 6.07) is 9.02. The molecule has 4 heterocycles. The molecule has 0 saturated carbocycles. The van der Waals surface area contributed by atoms with Crippen LogP contribution in [-0.2, 0) is 11.3 Å². The lowest BCUT2D eigenvalue weighted by Gasteiger charge is -2.50. The Hall–Kier alpha value is -2.05. The fourth-order valence-corrected chi connectivity index (χ4v) is 3.77. The van der Waals surface area contributed by atoms with E-state index >= 15 is 0 Å². The molecule has 2 aliphatic heterocycles. The van der Waals surface area contributed by atoms with Crippen LogP contribution >= 0.6 is 0 Å². The standard InChI is InChI=1S/C19H22FN3O2/c1-14-4-2-5-16(22-14)10-23-12-19(13-23)15(7-9-25-19)11-24-18-17(20)6-3-8-21-18/h2-6,8,15H,7,9-13H2,1H3/t15-/m1/s1. The van der Waals surface area contributed by atoms with Gasteiger partial charge in [0.2, 0.25) is 5.88 Å². The van der Waals surface area contributed by atoms with E-state index in [0.29, 0.717) is 6.61 Å². The van der Waals surface area contributed by atoms with Gasteiger partial charge in [-0.05, 0) is 37.6 Å². The highest BCUT2D eigenvalue weighted by atomic mass is 19.1. The van der Waals surface area contributed by atoms with E-state index in [1.54, 1.807) is 12.3 Å². The molecule has 1 atom stereocenters. The Balaban J connectivity index is 1.34. The molecule has 132 valence electrons. The number of aromatic nitrogens is 2. The average Bonchev–Trinajstić information content (AvgIpc) is 2.98. The fourth-order valence-electron chi connectivity index (χ4n) is 3.77. The number of likely N-dealkylation sites (tertiary alicyclic amines) is 1. The van der Waals surface area contributed by atoms with Gasteiger partial charge in [0.15, 0.2) is 5.82 Å². The van der Waals surface area contributed by atoms with E-state index in [1.165, 1.54) is 6.07 Å². The monoisotopic (exact) mass is 343 g/mol. The maximum atomic E-state index is 13.7. The van der Waals surface area contributed by atoms with E-state index in [4.69, 9.17) is 9.47 Å². The molecule has 2 saturated heterocycles. The number of halogens is 1. The molecule has 0 radical (unpaired) electrons. The zero-order chi connectivity index (χ0) is 17.3. The molecule has 0 bridgehead atoms. The van der Waals surface area contributed by atoms with E-state index < -0.39 is 5.82 Å². The molecule has 4 rings (SSSR count). The van der Waals surface area contributed by atoms with Gasteiger partial charge in [0.05, 0.1) is 17.9 Å². The molecule has 0 amide bonds. The summed E-state index contributed by atoms with van der Waals surface area (Å²) >= 11 is 0. The van der Waals surface area contributed by atoms with E-state index in [2.05, 4.69) is 20.9 Å². The maximum absolute atomic E-state index is 13.7. The first-order chi connectivity index (χ1) is 12.1. The number of aryl methyl sites for hydroxylation is 1.